The zero-order valence-electron chi connectivity index (χ0n) is 12.0. The van der Waals surface area contributed by atoms with Gasteiger partial charge in [-0.05, 0) is 26.0 Å². The summed E-state index contributed by atoms with van der Waals surface area (Å²) in [5.74, 6) is -1.06. The number of hydrogen-bond donors (Lipinski definition) is 1. The lowest BCUT2D eigenvalue weighted by atomic mass is 10.1. The van der Waals surface area contributed by atoms with Crippen LogP contribution in [0.2, 0.25) is 0 Å². The fourth-order valence-corrected chi connectivity index (χ4v) is 1.89. The highest BCUT2D eigenvalue weighted by Gasteiger charge is 2.23. The van der Waals surface area contributed by atoms with Gasteiger partial charge in [0.05, 0.1) is 11.3 Å². The molecule has 5 heteroatoms. The van der Waals surface area contributed by atoms with Crippen molar-refractivity contribution in [1.82, 2.24) is 4.90 Å². The van der Waals surface area contributed by atoms with Crippen LogP contribution >= 0.6 is 0 Å². The van der Waals surface area contributed by atoms with Crippen molar-refractivity contribution in [3.63, 3.8) is 0 Å². The van der Waals surface area contributed by atoms with Gasteiger partial charge in [-0.25, -0.2) is 9.59 Å². The average Bonchev–Trinajstić information content (AvgIpc) is 2.42. The minimum absolute atomic E-state index is 0.0000553. The first-order valence-electron chi connectivity index (χ1n) is 6.37. The third-order valence-electron chi connectivity index (χ3n) is 2.98. The Morgan fingerprint density at radius 1 is 1.35 bits per heavy atom. The molecule has 5 nitrogen and oxygen atoms in total. The number of carboxylic acid groups (broad SMARTS) is 1. The molecule has 0 atom stereocenters. The van der Waals surface area contributed by atoms with E-state index in [1.54, 1.807) is 36.2 Å². The third-order valence-corrected chi connectivity index (χ3v) is 2.98. The first-order chi connectivity index (χ1) is 9.40. The second-order valence-electron chi connectivity index (χ2n) is 4.70. The van der Waals surface area contributed by atoms with Crippen LogP contribution in [0.4, 0.5) is 10.5 Å². The van der Waals surface area contributed by atoms with Crippen LogP contribution in [-0.2, 0) is 0 Å². The topological polar surface area (TPSA) is 60.9 Å². The van der Waals surface area contributed by atoms with Crippen LogP contribution < -0.4 is 4.90 Å². The summed E-state index contributed by atoms with van der Waals surface area (Å²) in [4.78, 5) is 26.6. The van der Waals surface area contributed by atoms with Gasteiger partial charge < -0.3 is 10.0 Å². The molecule has 0 aliphatic rings. The van der Waals surface area contributed by atoms with Gasteiger partial charge in [0.25, 0.3) is 0 Å². The number of carbonyl (C=O) groups is 2. The summed E-state index contributed by atoms with van der Waals surface area (Å²) >= 11 is 0. The van der Waals surface area contributed by atoms with E-state index in [2.05, 4.69) is 6.58 Å². The maximum atomic E-state index is 12.5. The van der Waals surface area contributed by atoms with Crippen molar-refractivity contribution in [3.8, 4) is 0 Å². The number of hydrogen-bond acceptors (Lipinski definition) is 2. The molecule has 0 fully saturated rings. The molecule has 0 bridgehead atoms. The standard InChI is InChI=1S/C15H20N2O3/c1-5-10-17(11(2)3)15(20)16(4)13-9-7-6-8-12(13)14(18)19/h5-9,11H,1,10H2,2-4H3,(H,18,19). The van der Waals surface area contributed by atoms with Crippen molar-refractivity contribution in [3.05, 3.63) is 42.5 Å². The van der Waals surface area contributed by atoms with E-state index in [9.17, 15) is 14.7 Å². The minimum atomic E-state index is -1.06. The van der Waals surface area contributed by atoms with Gasteiger partial charge in [0.1, 0.15) is 0 Å². The van der Waals surface area contributed by atoms with E-state index >= 15 is 0 Å². The summed E-state index contributed by atoms with van der Waals surface area (Å²) < 4.78 is 0. The Morgan fingerprint density at radius 2 is 1.95 bits per heavy atom. The van der Waals surface area contributed by atoms with Crippen molar-refractivity contribution < 1.29 is 14.7 Å². The lowest BCUT2D eigenvalue weighted by Crippen LogP contribution is -2.45. The molecular weight excluding hydrogens is 256 g/mol. The Labute approximate surface area is 119 Å². The molecule has 1 aromatic carbocycles. The number of anilines is 1. The molecule has 0 aliphatic carbocycles. The number of rotatable bonds is 5. The van der Waals surface area contributed by atoms with E-state index in [-0.39, 0.29) is 17.6 Å². The van der Waals surface area contributed by atoms with Crippen molar-refractivity contribution >= 4 is 17.7 Å². The van der Waals surface area contributed by atoms with Crippen LogP contribution in [0.5, 0.6) is 0 Å². The maximum absolute atomic E-state index is 12.5. The van der Waals surface area contributed by atoms with Gasteiger partial charge in [0.15, 0.2) is 0 Å². The van der Waals surface area contributed by atoms with Gasteiger partial charge in [0.2, 0.25) is 0 Å². The van der Waals surface area contributed by atoms with E-state index in [0.717, 1.165) is 0 Å². The SMILES string of the molecule is C=CCN(C(=O)N(C)c1ccccc1C(=O)O)C(C)C. The molecule has 1 aromatic rings. The van der Waals surface area contributed by atoms with Gasteiger partial charge in [-0.3, -0.25) is 4.90 Å². The highest BCUT2D eigenvalue weighted by Crippen LogP contribution is 2.21. The molecule has 0 aromatic heterocycles. The molecule has 0 aliphatic heterocycles. The van der Waals surface area contributed by atoms with E-state index in [0.29, 0.717) is 12.2 Å². The van der Waals surface area contributed by atoms with Crippen LogP contribution in [-0.4, -0.2) is 41.6 Å². The predicted molar refractivity (Wildman–Crippen MR) is 79.2 cm³/mol. The van der Waals surface area contributed by atoms with E-state index in [4.69, 9.17) is 0 Å². The largest absolute Gasteiger partial charge is 0.478 e. The molecule has 0 saturated heterocycles. The molecule has 20 heavy (non-hydrogen) atoms. The number of carboxylic acids is 1. The normalized spacial score (nSPS) is 10.2. The second-order valence-corrected chi connectivity index (χ2v) is 4.70. The molecule has 0 spiro atoms. The summed E-state index contributed by atoms with van der Waals surface area (Å²) in [6.07, 6.45) is 1.65. The number of aromatic carboxylic acids is 1. The average molecular weight is 276 g/mol. The highest BCUT2D eigenvalue weighted by atomic mass is 16.4. The van der Waals surface area contributed by atoms with E-state index < -0.39 is 5.97 Å². The number of benzene rings is 1. The summed E-state index contributed by atoms with van der Waals surface area (Å²) in [5.41, 5.74) is 0.477. The monoisotopic (exact) mass is 276 g/mol. The number of nitrogens with zero attached hydrogens (tertiary/aromatic N) is 2. The lowest BCUT2D eigenvalue weighted by Gasteiger charge is -2.31. The Morgan fingerprint density at radius 3 is 2.45 bits per heavy atom. The van der Waals surface area contributed by atoms with Gasteiger partial charge in [-0.2, -0.15) is 0 Å². The van der Waals surface area contributed by atoms with Crippen LogP contribution in [0, 0.1) is 0 Å². The first-order valence-corrected chi connectivity index (χ1v) is 6.37. The molecule has 0 unspecified atom stereocenters. The second kappa shape index (κ2) is 6.75. The highest BCUT2D eigenvalue weighted by molar-refractivity contribution is 6.01. The fraction of sp³-hybridized carbons (Fsp3) is 0.333. The molecule has 0 heterocycles. The third kappa shape index (κ3) is 3.38. The van der Waals surface area contributed by atoms with Crippen molar-refractivity contribution in [2.24, 2.45) is 0 Å². The summed E-state index contributed by atoms with van der Waals surface area (Å²) in [6.45, 7) is 7.85. The molecule has 1 rings (SSSR count). The Kier molecular flexibility index (Phi) is 5.32. The van der Waals surface area contributed by atoms with Gasteiger partial charge >= 0.3 is 12.0 Å². The van der Waals surface area contributed by atoms with Gasteiger partial charge in [0, 0.05) is 19.6 Å². The predicted octanol–water partition coefficient (Wildman–Crippen LogP) is 2.84. The summed E-state index contributed by atoms with van der Waals surface area (Å²) in [7, 11) is 1.57. The lowest BCUT2D eigenvalue weighted by molar-refractivity contribution is 0.0697. The summed E-state index contributed by atoms with van der Waals surface area (Å²) in [6, 6.07) is 6.18. The molecule has 0 saturated carbocycles. The number of urea groups is 1. The molecular formula is C15H20N2O3. The molecule has 1 N–H and O–H groups in total. The van der Waals surface area contributed by atoms with Crippen LogP contribution in [0.3, 0.4) is 0 Å². The Bertz CT molecular complexity index is 512. The Balaban J connectivity index is 3.10. The van der Waals surface area contributed by atoms with Gasteiger partial charge in [-0.15, -0.1) is 6.58 Å². The fourth-order valence-electron chi connectivity index (χ4n) is 1.89. The van der Waals surface area contributed by atoms with Gasteiger partial charge in [-0.1, -0.05) is 18.2 Å². The smallest absolute Gasteiger partial charge is 0.337 e. The molecule has 2 amide bonds. The first kappa shape index (κ1) is 15.8. The quantitative estimate of drug-likeness (QED) is 0.841. The van der Waals surface area contributed by atoms with Crippen molar-refractivity contribution in [2.45, 2.75) is 19.9 Å². The maximum Gasteiger partial charge on any atom is 0.337 e. The van der Waals surface area contributed by atoms with Crippen LogP contribution in [0.1, 0.15) is 24.2 Å². The number of carbonyl (C=O) groups excluding carboxylic acids is 1. The van der Waals surface area contributed by atoms with Crippen LogP contribution in [0.25, 0.3) is 0 Å². The van der Waals surface area contributed by atoms with E-state index in [1.165, 1.54) is 11.0 Å². The van der Waals surface area contributed by atoms with Crippen LogP contribution in [0.15, 0.2) is 36.9 Å². The van der Waals surface area contributed by atoms with E-state index in [1.807, 2.05) is 13.8 Å². The molecule has 108 valence electrons. The minimum Gasteiger partial charge on any atom is -0.478 e. The summed E-state index contributed by atoms with van der Waals surface area (Å²) in [5, 5.41) is 9.18. The molecule has 0 radical (unpaired) electrons. The van der Waals surface area contributed by atoms with Crippen molar-refractivity contribution in [2.75, 3.05) is 18.5 Å². The van der Waals surface area contributed by atoms with Crippen molar-refractivity contribution in [1.29, 1.82) is 0 Å². The zero-order chi connectivity index (χ0) is 15.3. The number of amides is 2. The zero-order valence-corrected chi connectivity index (χ0v) is 12.0. The Hall–Kier alpha value is -2.30. The number of para-hydroxylation sites is 1.